The molecular weight excluding hydrogens is 388 g/mol. The van der Waals surface area contributed by atoms with E-state index in [2.05, 4.69) is 20.6 Å². The van der Waals surface area contributed by atoms with Crippen LogP contribution in [-0.2, 0) is 4.74 Å². The third kappa shape index (κ3) is 3.51. The van der Waals surface area contributed by atoms with Gasteiger partial charge in [-0.15, -0.1) is 0 Å². The highest BCUT2D eigenvalue weighted by molar-refractivity contribution is 5.85. The standard InChI is InChI=1S/C20H30N6O4/c27-9-13-15(28)16(29)19(30-13)26-18-14(25-20(26)24-12-7-3-4-8-12)17(21-10-22-18)23-11-5-1-2-6-11/h10-13,15-16,19,27-29H,1-9H2,(H,24,25)(H,21,22,23). The summed E-state index contributed by atoms with van der Waals surface area (Å²) in [6, 6.07) is 0.658. The maximum atomic E-state index is 10.7. The van der Waals surface area contributed by atoms with Crippen LogP contribution in [0.3, 0.4) is 0 Å². The molecule has 4 unspecified atom stereocenters. The lowest BCUT2D eigenvalue weighted by molar-refractivity contribution is -0.0501. The molecule has 3 aliphatic rings. The molecule has 10 nitrogen and oxygen atoms in total. The van der Waals surface area contributed by atoms with Crippen molar-refractivity contribution in [1.29, 1.82) is 0 Å². The molecule has 164 valence electrons. The van der Waals surface area contributed by atoms with Gasteiger partial charge in [-0.3, -0.25) is 4.57 Å². The smallest absolute Gasteiger partial charge is 0.207 e. The van der Waals surface area contributed by atoms with E-state index in [1.807, 2.05) is 0 Å². The lowest BCUT2D eigenvalue weighted by atomic mass is 10.1. The third-order valence-electron chi connectivity index (χ3n) is 6.63. The van der Waals surface area contributed by atoms with Gasteiger partial charge in [0.2, 0.25) is 5.95 Å². The Labute approximate surface area is 174 Å². The number of nitrogens with one attached hydrogen (secondary N) is 2. The number of fused-ring (bicyclic) bond motifs is 1. The SMILES string of the molecule is OCC1OC(n2c(NC3CCCC3)nc3c(NC4CCCC4)ncnc32)C(O)C1O. The fourth-order valence-corrected chi connectivity index (χ4v) is 4.97. The number of nitrogens with zero attached hydrogens (tertiary/aromatic N) is 4. The van der Waals surface area contributed by atoms with Gasteiger partial charge in [0.25, 0.3) is 0 Å². The molecule has 1 saturated heterocycles. The van der Waals surface area contributed by atoms with Crippen molar-refractivity contribution in [3.63, 3.8) is 0 Å². The Hall–Kier alpha value is -2.01. The molecule has 10 heteroatoms. The molecule has 5 N–H and O–H groups in total. The average Bonchev–Trinajstić information content (AvgIpc) is 3.53. The molecule has 0 aromatic carbocycles. The van der Waals surface area contributed by atoms with E-state index in [1.165, 1.54) is 32.0 Å². The number of aromatic nitrogens is 4. The van der Waals surface area contributed by atoms with Gasteiger partial charge in [0.05, 0.1) is 6.61 Å². The van der Waals surface area contributed by atoms with Crippen LogP contribution in [0, 0.1) is 0 Å². The van der Waals surface area contributed by atoms with E-state index in [1.54, 1.807) is 4.57 Å². The number of aliphatic hydroxyl groups excluding tert-OH is 3. The van der Waals surface area contributed by atoms with Crippen LogP contribution in [0.5, 0.6) is 0 Å². The number of hydrogen-bond acceptors (Lipinski definition) is 9. The third-order valence-corrected chi connectivity index (χ3v) is 6.63. The van der Waals surface area contributed by atoms with Crippen LogP contribution in [0.2, 0.25) is 0 Å². The van der Waals surface area contributed by atoms with Gasteiger partial charge in [-0.2, -0.15) is 0 Å². The van der Waals surface area contributed by atoms with Gasteiger partial charge in [-0.05, 0) is 25.7 Å². The second-order valence-electron chi connectivity index (χ2n) is 8.68. The molecule has 30 heavy (non-hydrogen) atoms. The Morgan fingerprint density at radius 3 is 2.27 bits per heavy atom. The summed E-state index contributed by atoms with van der Waals surface area (Å²) in [7, 11) is 0. The summed E-state index contributed by atoms with van der Waals surface area (Å²) in [4.78, 5) is 13.7. The van der Waals surface area contributed by atoms with E-state index in [0.717, 1.165) is 25.7 Å². The predicted molar refractivity (Wildman–Crippen MR) is 110 cm³/mol. The molecule has 5 rings (SSSR count). The Morgan fingerprint density at radius 1 is 0.967 bits per heavy atom. The lowest BCUT2D eigenvalue weighted by Gasteiger charge is -2.21. The molecule has 4 atom stereocenters. The largest absolute Gasteiger partial charge is 0.394 e. The quantitative estimate of drug-likeness (QED) is 0.468. The van der Waals surface area contributed by atoms with Crippen LogP contribution in [0.15, 0.2) is 6.33 Å². The normalized spacial score (nSPS) is 30.5. The zero-order valence-corrected chi connectivity index (χ0v) is 16.9. The molecule has 2 aromatic rings. The van der Waals surface area contributed by atoms with Crippen LogP contribution in [0.1, 0.15) is 57.6 Å². The van der Waals surface area contributed by atoms with Gasteiger partial charge >= 0.3 is 0 Å². The highest BCUT2D eigenvalue weighted by Gasteiger charge is 2.45. The summed E-state index contributed by atoms with van der Waals surface area (Å²) in [6.07, 6.45) is 6.39. The average molecular weight is 418 g/mol. The van der Waals surface area contributed by atoms with Crippen molar-refractivity contribution >= 4 is 22.9 Å². The van der Waals surface area contributed by atoms with Crippen molar-refractivity contribution in [2.45, 2.75) is 88.0 Å². The molecule has 2 saturated carbocycles. The summed E-state index contributed by atoms with van der Waals surface area (Å²) in [5.41, 5.74) is 1.14. The van der Waals surface area contributed by atoms with E-state index in [0.29, 0.717) is 29.0 Å². The Balaban J connectivity index is 1.55. The minimum Gasteiger partial charge on any atom is -0.394 e. The number of anilines is 2. The van der Waals surface area contributed by atoms with E-state index in [9.17, 15) is 15.3 Å². The van der Waals surface area contributed by atoms with Crippen LogP contribution in [0.4, 0.5) is 11.8 Å². The van der Waals surface area contributed by atoms with Crippen molar-refractivity contribution in [3.8, 4) is 0 Å². The molecule has 0 radical (unpaired) electrons. The first-order chi connectivity index (χ1) is 14.7. The second kappa shape index (κ2) is 8.26. The molecule has 0 amide bonds. The highest BCUT2D eigenvalue weighted by atomic mass is 16.6. The molecule has 0 spiro atoms. The minimum absolute atomic E-state index is 0.289. The predicted octanol–water partition coefficient (Wildman–Crippen LogP) is 1.15. The summed E-state index contributed by atoms with van der Waals surface area (Å²) in [5, 5.41) is 37.4. The van der Waals surface area contributed by atoms with Crippen LogP contribution in [-0.4, -0.2) is 71.8 Å². The Morgan fingerprint density at radius 2 is 1.63 bits per heavy atom. The monoisotopic (exact) mass is 418 g/mol. The van der Waals surface area contributed by atoms with Gasteiger partial charge in [-0.25, -0.2) is 15.0 Å². The molecule has 2 aromatic heterocycles. The zero-order chi connectivity index (χ0) is 20.7. The van der Waals surface area contributed by atoms with Gasteiger partial charge in [0, 0.05) is 12.1 Å². The Kier molecular flexibility index (Phi) is 5.48. The van der Waals surface area contributed by atoms with E-state index in [4.69, 9.17) is 9.72 Å². The van der Waals surface area contributed by atoms with Gasteiger partial charge < -0.3 is 30.7 Å². The Bertz CT molecular complexity index is 880. The molecule has 0 bridgehead atoms. The molecular formula is C20H30N6O4. The number of rotatable bonds is 6. The van der Waals surface area contributed by atoms with Crippen molar-refractivity contribution < 1.29 is 20.1 Å². The summed E-state index contributed by atoms with van der Waals surface area (Å²) in [6.45, 7) is -0.379. The summed E-state index contributed by atoms with van der Waals surface area (Å²) in [5.74, 6) is 1.22. The van der Waals surface area contributed by atoms with Crippen LogP contribution >= 0.6 is 0 Å². The summed E-state index contributed by atoms with van der Waals surface area (Å²) >= 11 is 0. The number of ether oxygens (including phenoxy) is 1. The van der Waals surface area contributed by atoms with Crippen molar-refractivity contribution in [2.24, 2.45) is 0 Å². The van der Waals surface area contributed by atoms with E-state index < -0.39 is 24.5 Å². The minimum atomic E-state index is -1.20. The summed E-state index contributed by atoms with van der Waals surface area (Å²) < 4.78 is 7.53. The fourth-order valence-electron chi connectivity index (χ4n) is 4.97. The van der Waals surface area contributed by atoms with Gasteiger partial charge in [0.15, 0.2) is 23.2 Å². The first-order valence-corrected chi connectivity index (χ1v) is 11.0. The number of hydrogen-bond donors (Lipinski definition) is 5. The lowest BCUT2D eigenvalue weighted by Crippen LogP contribution is -2.33. The first-order valence-electron chi connectivity index (χ1n) is 11.0. The second-order valence-corrected chi connectivity index (χ2v) is 8.68. The van der Waals surface area contributed by atoms with Gasteiger partial charge in [-0.1, -0.05) is 25.7 Å². The topological polar surface area (TPSA) is 138 Å². The molecule has 1 aliphatic heterocycles. The van der Waals surface area contributed by atoms with Gasteiger partial charge in [0.1, 0.15) is 24.6 Å². The number of imidazole rings is 1. The highest BCUT2D eigenvalue weighted by Crippen LogP contribution is 2.37. The maximum Gasteiger partial charge on any atom is 0.207 e. The fraction of sp³-hybridized carbons (Fsp3) is 0.750. The molecule has 3 heterocycles. The number of aliphatic hydroxyl groups is 3. The van der Waals surface area contributed by atoms with Crippen molar-refractivity contribution in [2.75, 3.05) is 17.2 Å². The van der Waals surface area contributed by atoms with E-state index >= 15 is 0 Å². The maximum absolute atomic E-state index is 10.7. The molecule has 3 fully saturated rings. The van der Waals surface area contributed by atoms with Crippen LogP contribution in [0.25, 0.3) is 11.2 Å². The molecule has 2 aliphatic carbocycles. The van der Waals surface area contributed by atoms with Crippen LogP contribution < -0.4 is 10.6 Å². The van der Waals surface area contributed by atoms with E-state index in [-0.39, 0.29) is 12.6 Å². The zero-order valence-electron chi connectivity index (χ0n) is 16.9. The van der Waals surface area contributed by atoms with Crippen molar-refractivity contribution in [1.82, 2.24) is 19.5 Å². The van der Waals surface area contributed by atoms with Crippen molar-refractivity contribution in [3.05, 3.63) is 6.33 Å². The first kappa shape index (κ1) is 19.9.